The number of thiophene rings is 1. The highest BCUT2D eigenvalue weighted by molar-refractivity contribution is 7.99. The van der Waals surface area contributed by atoms with E-state index in [2.05, 4.69) is 19.2 Å². The Kier molecular flexibility index (Phi) is 5.83. The Bertz CT molecular complexity index is 949. The number of fused-ring (bicyclic) bond motifs is 3. The molecule has 2 aromatic rings. The van der Waals surface area contributed by atoms with Gasteiger partial charge in [0.1, 0.15) is 4.83 Å². The maximum Gasteiger partial charge on any atom is 0.262 e. The molecule has 0 saturated heterocycles. The van der Waals surface area contributed by atoms with Gasteiger partial charge in [0.25, 0.3) is 5.56 Å². The molecule has 2 aliphatic carbocycles. The van der Waals surface area contributed by atoms with Gasteiger partial charge in [-0.15, -0.1) is 11.3 Å². The van der Waals surface area contributed by atoms with Gasteiger partial charge in [-0.25, -0.2) is 4.98 Å². The molecule has 0 spiro atoms. The number of thioether (sulfide) groups is 1. The van der Waals surface area contributed by atoms with Crippen LogP contribution in [-0.2, 0) is 24.7 Å². The van der Waals surface area contributed by atoms with E-state index in [-0.39, 0.29) is 17.5 Å². The molecule has 0 radical (unpaired) electrons. The smallest absolute Gasteiger partial charge is 0.262 e. The second kappa shape index (κ2) is 8.19. The number of hydrogen-bond acceptors (Lipinski definition) is 5. The molecular formula is C21H29N3O2S2. The van der Waals surface area contributed by atoms with Crippen molar-refractivity contribution in [2.24, 2.45) is 18.9 Å². The summed E-state index contributed by atoms with van der Waals surface area (Å²) >= 11 is 3.03. The van der Waals surface area contributed by atoms with Crippen LogP contribution in [0, 0.1) is 11.8 Å². The predicted molar refractivity (Wildman–Crippen MR) is 116 cm³/mol. The van der Waals surface area contributed by atoms with Crippen LogP contribution in [-0.4, -0.2) is 27.3 Å². The van der Waals surface area contributed by atoms with E-state index in [9.17, 15) is 9.59 Å². The van der Waals surface area contributed by atoms with Crippen LogP contribution in [0.2, 0.25) is 0 Å². The largest absolute Gasteiger partial charge is 0.352 e. The second-order valence-corrected chi connectivity index (χ2v) is 10.4. The maximum absolute atomic E-state index is 12.9. The molecule has 1 fully saturated rings. The van der Waals surface area contributed by atoms with Crippen molar-refractivity contribution < 1.29 is 4.79 Å². The molecule has 1 amide bonds. The summed E-state index contributed by atoms with van der Waals surface area (Å²) in [6, 6.07) is 0.264. The first kappa shape index (κ1) is 20.0. The van der Waals surface area contributed by atoms with Crippen molar-refractivity contribution in [3.05, 3.63) is 20.8 Å². The van der Waals surface area contributed by atoms with Gasteiger partial charge in [-0.1, -0.05) is 38.5 Å². The molecule has 2 aliphatic rings. The molecule has 2 heterocycles. The third-order valence-electron chi connectivity index (χ3n) is 6.54. The van der Waals surface area contributed by atoms with Crippen molar-refractivity contribution in [1.82, 2.24) is 14.9 Å². The van der Waals surface area contributed by atoms with Gasteiger partial charge in [-0.05, 0) is 49.5 Å². The third kappa shape index (κ3) is 3.75. The van der Waals surface area contributed by atoms with Gasteiger partial charge in [0.05, 0.1) is 11.1 Å². The first-order valence-electron chi connectivity index (χ1n) is 10.4. The summed E-state index contributed by atoms with van der Waals surface area (Å²) in [5.41, 5.74) is 1.25. The molecule has 0 aromatic carbocycles. The molecule has 0 unspecified atom stereocenters. The van der Waals surface area contributed by atoms with E-state index in [0.717, 1.165) is 35.9 Å². The molecule has 2 aromatic heterocycles. The van der Waals surface area contributed by atoms with Gasteiger partial charge in [0.15, 0.2) is 5.16 Å². The minimum absolute atomic E-state index is 0.0297. The monoisotopic (exact) mass is 419 g/mol. The van der Waals surface area contributed by atoms with Crippen LogP contribution in [0.3, 0.4) is 0 Å². The van der Waals surface area contributed by atoms with E-state index in [4.69, 9.17) is 4.98 Å². The lowest BCUT2D eigenvalue weighted by Crippen LogP contribution is -2.44. The zero-order chi connectivity index (χ0) is 19.8. The number of rotatable bonds is 4. The Morgan fingerprint density at radius 1 is 1.25 bits per heavy atom. The van der Waals surface area contributed by atoms with Gasteiger partial charge in [0, 0.05) is 18.0 Å². The maximum atomic E-state index is 12.9. The van der Waals surface area contributed by atoms with Crippen LogP contribution >= 0.6 is 23.1 Å². The minimum atomic E-state index is 0.0297. The van der Waals surface area contributed by atoms with Gasteiger partial charge in [-0.2, -0.15) is 0 Å². The Balaban J connectivity index is 1.48. The summed E-state index contributed by atoms with van der Waals surface area (Å²) in [7, 11) is 1.77. The molecule has 1 saturated carbocycles. The SMILES string of the molecule is C[C@@H]1[C@@H](C)CCC[C@H]1NC(=O)CSc1nc2sc3c(c2c(=O)n1C)CCCC3. The van der Waals surface area contributed by atoms with Crippen LogP contribution in [0.25, 0.3) is 10.2 Å². The molecular weight excluding hydrogens is 390 g/mol. The highest BCUT2D eigenvalue weighted by Gasteiger charge is 2.28. The van der Waals surface area contributed by atoms with Crippen LogP contribution in [0.4, 0.5) is 0 Å². The van der Waals surface area contributed by atoms with E-state index in [1.54, 1.807) is 23.0 Å². The fourth-order valence-corrected chi connectivity index (χ4v) is 6.65. The van der Waals surface area contributed by atoms with E-state index < -0.39 is 0 Å². The normalized spacial score (nSPS) is 24.9. The van der Waals surface area contributed by atoms with Crippen molar-refractivity contribution in [2.75, 3.05) is 5.75 Å². The number of hydrogen-bond donors (Lipinski definition) is 1. The molecule has 0 aliphatic heterocycles. The molecule has 152 valence electrons. The lowest BCUT2D eigenvalue weighted by Gasteiger charge is -2.34. The first-order valence-corrected chi connectivity index (χ1v) is 12.2. The van der Waals surface area contributed by atoms with E-state index in [1.807, 2.05) is 0 Å². The van der Waals surface area contributed by atoms with Gasteiger partial charge < -0.3 is 5.32 Å². The van der Waals surface area contributed by atoms with Gasteiger partial charge in [-0.3, -0.25) is 14.2 Å². The van der Waals surface area contributed by atoms with Crippen molar-refractivity contribution in [1.29, 1.82) is 0 Å². The summed E-state index contributed by atoms with van der Waals surface area (Å²) in [5, 5.41) is 4.65. The van der Waals surface area contributed by atoms with Crippen LogP contribution < -0.4 is 10.9 Å². The molecule has 0 bridgehead atoms. The number of aromatic nitrogens is 2. The molecule has 1 N–H and O–H groups in total. The van der Waals surface area contributed by atoms with Crippen molar-refractivity contribution in [2.45, 2.75) is 70.0 Å². The molecule has 7 heteroatoms. The average Bonchev–Trinajstić information content (AvgIpc) is 3.05. The third-order valence-corrected chi connectivity index (χ3v) is 8.76. The standard InChI is InChI=1S/C21H29N3O2S2/c1-12-7-6-9-15(13(12)2)22-17(25)11-27-21-23-19-18(20(26)24(21)3)14-8-4-5-10-16(14)28-19/h12-13,15H,4-11H2,1-3H3,(H,22,25)/t12-,13+,15+/m0/s1. The molecule has 4 rings (SSSR count). The number of nitrogens with one attached hydrogen (secondary N) is 1. The quantitative estimate of drug-likeness (QED) is 0.603. The van der Waals surface area contributed by atoms with E-state index >= 15 is 0 Å². The molecule has 5 nitrogen and oxygen atoms in total. The van der Waals surface area contributed by atoms with Crippen LogP contribution in [0.5, 0.6) is 0 Å². The summed E-state index contributed by atoms with van der Waals surface area (Å²) in [6.45, 7) is 4.51. The summed E-state index contributed by atoms with van der Waals surface area (Å²) in [4.78, 5) is 32.4. The highest BCUT2D eigenvalue weighted by atomic mass is 32.2. The Morgan fingerprint density at radius 2 is 2.04 bits per heavy atom. The lowest BCUT2D eigenvalue weighted by molar-refractivity contribution is -0.120. The summed E-state index contributed by atoms with van der Waals surface area (Å²) in [6.07, 6.45) is 7.88. The molecule has 28 heavy (non-hydrogen) atoms. The number of aryl methyl sites for hydroxylation is 2. The van der Waals surface area contributed by atoms with Crippen LogP contribution in [0.15, 0.2) is 9.95 Å². The Hall–Kier alpha value is -1.34. The second-order valence-electron chi connectivity index (χ2n) is 8.38. The number of nitrogens with zero attached hydrogens (tertiary/aromatic N) is 2. The fraction of sp³-hybridized carbons (Fsp3) is 0.667. The predicted octanol–water partition coefficient (Wildman–Crippen LogP) is 3.91. The zero-order valence-corrected chi connectivity index (χ0v) is 18.5. The van der Waals surface area contributed by atoms with E-state index in [1.165, 1.54) is 41.5 Å². The van der Waals surface area contributed by atoms with Crippen molar-refractivity contribution >= 4 is 39.2 Å². The van der Waals surface area contributed by atoms with Crippen LogP contribution in [0.1, 0.15) is 56.4 Å². The minimum Gasteiger partial charge on any atom is -0.352 e. The van der Waals surface area contributed by atoms with Crippen molar-refractivity contribution in [3.8, 4) is 0 Å². The topological polar surface area (TPSA) is 64.0 Å². The number of amides is 1. The average molecular weight is 420 g/mol. The first-order chi connectivity index (χ1) is 13.5. The lowest BCUT2D eigenvalue weighted by atomic mass is 9.78. The van der Waals surface area contributed by atoms with Gasteiger partial charge in [0.2, 0.25) is 5.91 Å². The number of carbonyl (C=O) groups is 1. The summed E-state index contributed by atoms with van der Waals surface area (Å²) < 4.78 is 1.62. The Labute approximate surface area is 174 Å². The van der Waals surface area contributed by atoms with Crippen molar-refractivity contribution in [3.63, 3.8) is 0 Å². The van der Waals surface area contributed by atoms with E-state index in [0.29, 0.717) is 22.7 Å². The fourth-order valence-electron chi connectivity index (χ4n) is 4.56. The molecule has 3 atom stereocenters. The Morgan fingerprint density at radius 3 is 2.86 bits per heavy atom. The highest BCUT2D eigenvalue weighted by Crippen LogP contribution is 2.34. The zero-order valence-electron chi connectivity index (χ0n) is 16.9. The van der Waals surface area contributed by atoms with Gasteiger partial charge >= 0.3 is 0 Å². The number of carbonyl (C=O) groups excluding carboxylic acids is 1. The summed E-state index contributed by atoms with van der Waals surface area (Å²) in [5.74, 6) is 1.50.